The fourth-order valence-electron chi connectivity index (χ4n) is 2.45. The highest BCUT2D eigenvalue weighted by Crippen LogP contribution is 2.27. The first kappa shape index (κ1) is 12.0. The summed E-state index contributed by atoms with van der Waals surface area (Å²) in [5, 5.41) is 11.8. The standard InChI is InChI=1S/C17H17NO/c1-17(19,12-13-7-3-2-4-8-13)16-11-14-9-5-6-10-15(14)18-16/h2-11,18-19H,12H2,1H3. The highest BCUT2D eigenvalue weighted by atomic mass is 16.3. The van der Waals surface area contributed by atoms with E-state index >= 15 is 0 Å². The van der Waals surface area contributed by atoms with Crippen molar-refractivity contribution in [2.24, 2.45) is 0 Å². The number of aliphatic hydroxyl groups is 1. The molecule has 2 nitrogen and oxygen atoms in total. The maximum atomic E-state index is 10.7. The number of H-pyrrole nitrogens is 1. The van der Waals surface area contributed by atoms with Crippen LogP contribution in [0.5, 0.6) is 0 Å². The van der Waals surface area contributed by atoms with Gasteiger partial charge in [0.15, 0.2) is 0 Å². The average Bonchev–Trinajstić information content (AvgIpc) is 2.84. The summed E-state index contributed by atoms with van der Waals surface area (Å²) in [6, 6.07) is 20.2. The second-order valence-corrected chi connectivity index (χ2v) is 5.21. The summed E-state index contributed by atoms with van der Waals surface area (Å²) in [5.74, 6) is 0. The molecule has 1 atom stereocenters. The van der Waals surface area contributed by atoms with Gasteiger partial charge in [-0.1, -0.05) is 48.5 Å². The number of aromatic nitrogens is 1. The third-order valence-corrected chi connectivity index (χ3v) is 3.50. The topological polar surface area (TPSA) is 36.0 Å². The normalized spacial score (nSPS) is 14.4. The van der Waals surface area contributed by atoms with Crippen LogP contribution in [0.2, 0.25) is 0 Å². The molecule has 2 N–H and O–H groups in total. The molecule has 1 heterocycles. The zero-order valence-electron chi connectivity index (χ0n) is 10.9. The molecule has 0 saturated heterocycles. The van der Waals surface area contributed by atoms with Crippen molar-refractivity contribution >= 4 is 10.9 Å². The molecule has 1 aromatic heterocycles. The quantitative estimate of drug-likeness (QED) is 0.732. The Morgan fingerprint density at radius 3 is 2.42 bits per heavy atom. The number of para-hydroxylation sites is 1. The Morgan fingerprint density at radius 1 is 1.00 bits per heavy atom. The van der Waals surface area contributed by atoms with Crippen LogP contribution in [-0.4, -0.2) is 10.1 Å². The molecule has 1 unspecified atom stereocenters. The summed E-state index contributed by atoms with van der Waals surface area (Å²) in [6.45, 7) is 1.85. The van der Waals surface area contributed by atoms with Gasteiger partial charge in [-0.3, -0.25) is 0 Å². The van der Waals surface area contributed by atoms with Crippen LogP contribution < -0.4 is 0 Å². The Hall–Kier alpha value is -2.06. The van der Waals surface area contributed by atoms with E-state index in [2.05, 4.69) is 4.98 Å². The zero-order valence-corrected chi connectivity index (χ0v) is 10.9. The summed E-state index contributed by atoms with van der Waals surface area (Å²) < 4.78 is 0. The van der Waals surface area contributed by atoms with E-state index in [1.165, 1.54) is 0 Å². The molecule has 2 aromatic carbocycles. The monoisotopic (exact) mass is 251 g/mol. The Balaban J connectivity index is 1.95. The van der Waals surface area contributed by atoms with Crippen LogP contribution in [0, 0.1) is 0 Å². The second kappa shape index (κ2) is 4.56. The summed E-state index contributed by atoms with van der Waals surface area (Å²) >= 11 is 0. The number of rotatable bonds is 3. The van der Waals surface area contributed by atoms with Gasteiger partial charge in [0.1, 0.15) is 5.60 Å². The predicted octanol–water partition coefficient (Wildman–Crippen LogP) is 3.62. The molecule has 2 heteroatoms. The number of nitrogens with one attached hydrogen (secondary N) is 1. The highest BCUT2D eigenvalue weighted by Gasteiger charge is 2.25. The first-order chi connectivity index (χ1) is 9.15. The minimum atomic E-state index is -0.889. The number of benzene rings is 2. The van der Waals surface area contributed by atoms with Gasteiger partial charge in [-0.15, -0.1) is 0 Å². The lowest BCUT2D eigenvalue weighted by Gasteiger charge is -2.22. The van der Waals surface area contributed by atoms with E-state index in [9.17, 15) is 5.11 Å². The van der Waals surface area contributed by atoms with Crippen LogP contribution in [0.4, 0.5) is 0 Å². The SMILES string of the molecule is CC(O)(Cc1ccccc1)c1cc2ccccc2[nH]1. The number of aromatic amines is 1. The Morgan fingerprint density at radius 2 is 1.68 bits per heavy atom. The van der Waals surface area contributed by atoms with Crippen LogP contribution in [-0.2, 0) is 12.0 Å². The predicted molar refractivity (Wildman–Crippen MR) is 78.0 cm³/mol. The van der Waals surface area contributed by atoms with Gasteiger partial charge in [-0.2, -0.15) is 0 Å². The van der Waals surface area contributed by atoms with Crippen molar-refractivity contribution in [1.82, 2.24) is 4.98 Å². The first-order valence-corrected chi connectivity index (χ1v) is 6.50. The van der Waals surface area contributed by atoms with Crippen molar-refractivity contribution in [2.45, 2.75) is 18.9 Å². The molecule has 0 aliphatic heterocycles. The van der Waals surface area contributed by atoms with Gasteiger partial charge < -0.3 is 10.1 Å². The average molecular weight is 251 g/mol. The smallest absolute Gasteiger partial charge is 0.106 e. The van der Waals surface area contributed by atoms with Crippen LogP contribution in [0.1, 0.15) is 18.2 Å². The van der Waals surface area contributed by atoms with E-state index in [4.69, 9.17) is 0 Å². The van der Waals surface area contributed by atoms with Crippen molar-refractivity contribution in [3.8, 4) is 0 Å². The maximum Gasteiger partial charge on any atom is 0.106 e. The van der Waals surface area contributed by atoms with E-state index in [1.54, 1.807) is 0 Å². The Bertz CT molecular complexity index is 650. The van der Waals surface area contributed by atoms with E-state index in [0.717, 1.165) is 22.2 Å². The molecule has 3 aromatic rings. The van der Waals surface area contributed by atoms with Crippen LogP contribution >= 0.6 is 0 Å². The summed E-state index contributed by atoms with van der Waals surface area (Å²) in [6.07, 6.45) is 0.598. The maximum absolute atomic E-state index is 10.7. The fourth-order valence-corrected chi connectivity index (χ4v) is 2.45. The summed E-state index contributed by atoms with van der Waals surface area (Å²) in [5.41, 5.74) is 2.16. The molecule has 0 spiro atoms. The van der Waals surface area contributed by atoms with Crippen molar-refractivity contribution in [2.75, 3.05) is 0 Å². The van der Waals surface area contributed by atoms with Gasteiger partial charge >= 0.3 is 0 Å². The zero-order chi connectivity index (χ0) is 13.3. The van der Waals surface area contributed by atoms with Gasteiger partial charge in [0.05, 0.1) is 0 Å². The van der Waals surface area contributed by atoms with E-state index in [1.807, 2.05) is 67.6 Å². The van der Waals surface area contributed by atoms with Crippen molar-refractivity contribution < 1.29 is 5.11 Å². The van der Waals surface area contributed by atoms with Crippen molar-refractivity contribution in [3.63, 3.8) is 0 Å². The largest absolute Gasteiger partial charge is 0.384 e. The number of hydrogen-bond donors (Lipinski definition) is 2. The molecule has 0 aliphatic rings. The molecule has 0 amide bonds. The van der Waals surface area contributed by atoms with E-state index in [-0.39, 0.29) is 0 Å². The highest BCUT2D eigenvalue weighted by molar-refractivity contribution is 5.80. The van der Waals surface area contributed by atoms with Gasteiger partial charge in [-0.25, -0.2) is 0 Å². The molecule has 19 heavy (non-hydrogen) atoms. The second-order valence-electron chi connectivity index (χ2n) is 5.21. The molecule has 3 rings (SSSR count). The lowest BCUT2D eigenvalue weighted by molar-refractivity contribution is 0.0538. The summed E-state index contributed by atoms with van der Waals surface area (Å²) in [4.78, 5) is 3.31. The van der Waals surface area contributed by atoms with Crippen molar-refractivity contribution in [3.05, 3.63) is 71.9 Å². The number of fused-ring (bicyclic) bond motifs is 1. The molecule has 0 radical (unpaired) electrons. The van der Waals surface area contributed by atoms with Crippen molar-refractivity contribution in [1.29, 1.82) is 0 Å². The molecule has 0 aliphatic carbocycles. The van der Waals surface area contributed by atoms with Gasteiger partial charge in [0.2, 0.25) is 0 Å². The third-order valence-electron chi connectivity index (χ3n) is 3.50. The Kier molecular flexibility index (Phi) is 2.88. The number of hydrogen-bond acceptors (Lipinski definition) is 1. The first-order valence-electron chi connectivity index (χ1n) is 6.50. The van der Waals surface area contributed by atoms with E-state index < -0.39 is 5.60 Å². The molecule has 0 fully saturated rings. The molecular weight excluding hydrogens is 234 g/mol. The molecule has 96 valence electrons. The van der Waals surface area contributed by atoms with E-state index in [0.29, 0.717) is 6.42 Å². The lowest BCUT2D eigenvalue weighted by atomic mass is 9.93. The molecular formula is C17H17NO. The fraction of sp³-hybridized carbons (Fsp3) is 0.176. The Labute approximate surface area is 112 Å². The van der Waals surface area contributed by atoms with Gasteiger partial charge in [0, 0.05) is 17.6 Å². The van der Waals surface area contributed by atoms with Crippen LogP contribution in [0.25, 0.3) is 10.9 Å². The van der Waals surface area contributed by atoms with Crippen LogP contribution in [0.15, 0.2) is 60.7 Å². The third kappa shape index (κ3) is 2.40. The summed E-state index contributed by atoms with van der Waals surface area (Å²) in [7, 11) is 0. The minimum absolute atomic E-state index is 0.598. The molecule has 0 saturated carbocycles. The van der Waals surface area contributed by atoms with Gasteiger partial charge in [-0.05, 0) is 30.0 Å². The minimum Gasteiger partial charge on any atom is -0.384 e. The van der Waals surface area contributed by atoms with Crippen LogP contribution in [0.3, 0.4) is 0 Å². The lowest BCUT2D eigenvalue weighted by Crippen LogP contribution is -2.24. The molecule has 0 bridgehead atoms. The van der Waals surface area contributed by atoms with Gasteiger partial charge in [0.25, 0.3) is 0 Å².